The van der Waals surface area contributed by atoms with Crippen LogP contribution in [0.4, 0.5) is 0 Å². The van der Waals surface area contributed by atoms with Crippen LogP contribution in [0.5, 0.6) is 5.75 Å². The van der Waals surface area contributed by atoms with Crippen LogP contribution in [0.2, 0.25) is 5.02 Å². The molecule has 0 aliphatic carbocycles. The summed E-state index contributed by atoms with van der Waals surface area (Å²) in [6.07, 6.45) is 0.963. The second kappa shape index (κ2) is 5.70. The number of carboxylic acid groups (broad SMARTS) is 1. The molecular weight excluding hydrogens is 244 g/mol. The summed E-state index contributed by atoms with van der Waals surface area (Å²) in [4.78, 5) is 10.6. The van der Waals surface area contributed by atoms with Crippen LogP contribution < -0.4 is 4.74 Å². The predicted molar refractivity (Wildman–Crippen MR) is 65.4 cm³/mol. The molecule has 1 aromatic rings. The van der Waals surface area contributed by atoms with Gasteiger partial charge in [0.1, 0.15) is 5.75 Å². The number of hydrogen-bond acceptors (Lipinski definition) is 3. The fourth-order valence-corrected chi connectivity index (χ4v) is 1.76. The quantitative estimate of drug-likeness (QED) is 0.810. The van der Waals surface area contributed by atoms with E-state index >= 15 is 0 Å². The molecule has 0 aliphatic heterocycles. The topological polar surface area (TPSA) is 66.8 Å². The SMILES string of the molecule is COc1cc(C)c(/C(=C/C(=O)O)CO)cc1Cl. The molecule has 0 saturated carbocycles. The highest BCUT2D eigenvalue weighted by Gasteiger charge is 2.10. The molecule has 0 amide bonds. The summed E-state index contributed by atoms with van der Waals surface area (Å²) in [6.45, 7) is 1.43. The van der Waals surface area contributed by atoms with Gasteiger partial charge in [-0.05, 0) is 35.8 Å². The number of benzene rings is 1. The molecule has 0 saturated heterocycles. The van der Waals surface area contributed by atoms with Crippen LogP contribution in [-0.2, 0) is 4.79 Å². The van der Waals surface area contributed by atoms with Crippen LogP contribution in [0.3, 0.4) is 0 Å². The van der Waals surface area contributed by atoms with Gasteiger partial charge in [-0.15, -0.1) is 0 Å². The van der Waals surface area contributed by atoms with Crippen molar-refractivity contribution in [2.45, 2.75) is 6.92 Å². The minimum absolute atomic E-state index is 0.305. The maximum Gasteiger partial charge on any atom is 0.328 e. The van der Waals surface area contributed by atoms with E-state index < -0.39 is 5.97 Å². The van der Waals surface area contributed by atoms with Gasteiger partial charge in [0.25, 0.3) is 0 Å². The van der Waals surface area contributed by atoms with E-state index in [1.165, 1.54) is 7.11 Å². The van der Waals surface area contributed by atoms with Crippen molar-refractivity contribution in [1.82, 2.24) is 0 Å². The molecule has 2 N–H and O–H groups in total. The molecule has 0 heterocycles. The van der Waals surface area contributed by atoms with Gasteiger partial charge in [-0.25, -0.2) is 4.79 Å². The highest BCUT2D eigenvalue weighted by Crippen LogP contribution is 2.31. The summed E-state index contributed by atoms with van der Waals surface area (Å²) >= 11 is 5.96. The summed E-state index contributed by atoms with van der Waals surface area (Å²) in [7, 11) is 1.50. The molecule has 0 aliphatic rings. The largest absolute Gasteiger partial charge is 0.495 e. The van der Waals surface area contributed by atoms with Gasteiger partial charge in [0.2, 0.25) is 0 Å². The number of carboxylic acids is 1. The zero-order valence-electron chi connectivity index (χ0n) is 9.53. The first-order chi connectivity index (χ1) is 7.99. The number of aliphatic hydroxyl groups is 1. The van der Waals surface area contributed by atoms with Crippen molar-refractivity contribution in [3.8, 4) is 5.75 Å². The van der Waals surface area contributed by atoms with E-state index in [9.17, 15) is 4.79 Å². The van der Waals surface area contributed by atoms with E-state index in [-0.39, 0.29) is 6.61 Å². The molecule has 0 aromatic heterocycles. The van der Waals surface area contributed by atoms with Gasteiger partial charge in [-0.1, -0.05) is 11.6 Å². The molecule has 1 aromatic carbocycles. The Morgan fingerprint density at radius 3 is 2.65 bits per heavy atom. The van der Waals surface area contributed by atoms with E-state index in [0.717, 1.165) is 11.6 Å². The van der Waals surface area contributed by atoms with E-state index in [4.69, 9.17) is 26.6 Å². The fourth-order valence-electron chi connectivity index (χ4n) is 1.52. The molecule has 4 nitrogen and oxygen atoms in total. The Morgan fingerprint density at radius 2 is 2.18 bits per heavy atom. The number of ether oxygens (including phenoxy) is 1. The van der Waals surface area contributed by atoms with Gasteiger partial charge in [-0.3, -0.25) is 0 Å². The van der Waals surface area contributed by atoms with Crippen LogP contribution in [0.1, 0.15) is 11.1 Å². The van der Waals surface area contributed by atoms with Crippen molar-refractivity contribution in [3.05, 3.63) is 34.4 Å². The summed E-state index contributed by atoms with van der Waals surface area (Å²) in [5.74, 6) is -0.596. The third-order valence-electron chi connectivity index (χ3n) is 2.31. The molecule has 0 radical (unpaired) electrons. The lowest BCUT2D eigenvalue weighted by molar-refractivity contribution is -0.131. The average Bonchev–Trinajstić information content (AvgIpc) is 2.28. The van der Waals surface area contributed by atoms with Crippen LogP contribution in [-0.4, -0.2) is 29.9 Å². The first-order valence-electron chi connectivity index (χ1n) is 4.88. The number of aryl methyl sites for hydroxylation is 1. The molecular formula is C12H13ClO4. The minimum atomic E-state index is -1.11. The molecule has 17 heavy (non-hydrogen) atoms. The third kappa shape index (κ3) is 3.22. The number of halogens is 1. The number of rotatable bonds is 4. The minimum Gasteiger partial charge on any atom is -0.495 e. The first-order valence-corrected chi connectivity index (χ1v) is 5.26. The monoisotopic (exact) mass is 256 g/mol. The summed E-state index contributed by atoms with van der Waals surface area (Å²) < 4.78 is 5.05. The van der Waals surface area contributed by atoms with Crippen molar-refractivity contribution in [3.63, 3.8) is 0 Å². The van der Waals surface area contributed by atoms with Crippen LogP contribution in [0.15, 0.2) is 18.2 Å². The zero-order chi connectivity index (χ0) is 13.0. The van der Waals surface area contributed by atoms with Gasteiger partial charge in [0.05, 0.1) is 18.7 Å². The Balaban J connectivity index is 3.31. The Bertz CT molecular complexity index is 466. The highest BCUT2D eigenvalue weighted by atomic mass is 35.5. The Kier molecular flexibility index (Phi) is 4.54. The Morgan fingerprint density at radius 1 is 1.53 bits per heavy atom. The van der Waals surface area contributed by atoms with Crippen LogP contribution in [0, 0.1) is 6.92 Å². The lowest BCUT2D eigenvalue weighted by Crippen LogP contribution is -1.99. The predicted octanol–water partition coefficient (Wildman–Crippen LogP) is 2.12. The average molecular weight is 257 g/mol. The van der Waals surface area contributed by atoms with Gasteiger partial charge in [-0.2, -0.15) is 0 Å². The van der Waals surface area contributed by atoms with Crippen molar-refractivity contribution in [2.24, 2.45) is 0 Å². The van der Waals surface area contributed by atoms with Crippen LogP contribution in [0.25, 0.3) is 5.57 Å². The number of methoxy groups -OCH3 is 1. The van der Waals surface area contributed by atoms with Gasteiger partial charge in [0, 0.05) is 6.08 Å². The normalized spacial score (nSPS) is 11.4. The number of aliphatic carboxylic acids is 1. The molecule has 0 bridgehead atoms. The highest BCUT2D eigenvalue weighted by molar-refractivity contribution is 6.32. The second-order valence-electron chi connectivity index (χ2n) is 3.47. The molecule has 0 fully saturated rings. The lowest BCUT2D eigenvalue weighted by Gasteiger charge is -2.11. The Labute approximate surface area is 104 Å². The standard InChI is InChI=1S/C12H13ClO4/c1-7-3-11(17-2)10(13)5-9(7)8(6-14)4-12(15)16/h3-5,14H,6H2,1-2H3,(H,15,16)/b8-4+. The van der Waals surface area contributed by atoms with E-state index in [2.05, 4.69) is 0 Å². The number of aliphatic hydroxyl groups excluding tert-OH is 1. The molecule has 0 spiro atoms. The summed E-state index contributed by atoms with van der Waals surface area (Å²) in [6, 6.07) is 3.28. The van der Waals surface area contributed by atoms with Crippen molar-refractivity contribution >= 4 is 23.1 Å². The fraction of sp³-hybridized carbons (Fsp3) is 0.250. The maximum absolute atomic E-state index is 10.6. The number of carbonyl (C=O) groups is 1. The maximum atomic E-state index is 10.6. The number of hydrogen-bond donors (Lipinski definition) is 2. The van der Waals surface area contributed by atoms with E-state index in [1.807, 2.05) is 0 Å². The summed E-state index contributed by atoms with van der Waals surface area (Å²) in [5.41, 5.74) is 1.69. The molecule has 0 unspecified atom stereocenters. The third-order valence-corrected chi connectivity index (χ3v) is 2.61. The van der Waals surface area contributed by atoms with Crippen LogP contribution >= 0.6 is 11.6 Å². The lowest BCUT2D eigenvalue weighted by atomic mass is 10.0. The van der Waals surface area contributed by atoms with E-state index in [1.54, 1.807) is 19.1 Å². The molecule has 5 heteroatoms. The van der Waals surface area contributed by atoms with Gasteiger partial charge < -0.3 is 14.9 Å². The smallest absolute Gasteiger partial charge is 0.328 e. The first kappa shape index (κ1) is 13.5. The Hall–Kier alpha value is -1.52. The summed E-state index contributed by atoms with van der Waals surface area (Å²) in [5, 5.41) is 18.2. The van der Waals surface area contributed by atoms with Gasteiger partial charge in [0.15, 0.2) is 0 Å². The molecule has 92 valence electrons. The zero-order valence-corrected chi connectivity index (χ0v) is 10.3. The van der Waals surface area contributed by atoms with Gasteiger partial charge >= 0.3 is 5.97 Å². The van der Waals surface area contributed by atoms with Crippen molar-refractivity contribution in [1.29, 1.82) is 0 Å². The molecule has 1 rings (SSSR count). The second-order valence-corrected chi connectivity index (χ2v) is 3.87. The van der Waals surface area contributed by atoms with Crippen molar-refractivity contribution < 1.29 is 19.7 Å². The van der Waals surface area contributed by atoms with E-state index in [0.29, 0.717) is 21.9 Å². The molecule has 0 atom stereocenters. The van der Waals surface area contributed by atoms with Crippen molar-refractivity contribution in [2.75, 3.05) is 13.7 Å².